The van der Waals surface area contributed by atoms with E-state index in [1.807, 2.05) is 44.5 Å². The van der Waals surface area contributed by atoms with Crippen molar-refractivity contribution in [2.75, 3.05) is 25.7 Å². The topological polar surface area (TPSA) is 72.3 Å². The fourth-order valence-corrected chi connectivity index (χ4v) is 3.47. The van der Waals surface area contributed by atoms with Crippen LogP contribution in [0.4, 0.5) is 10.5 Å². The molecule has 0 spiro atoms. The maximum absolute atomic E-state index is 12.6. The summed E-state index contributed by atoms with van der Waals surface area (Å²) >= 11 is 1.63. The van der Waals surface area contributed by atoms with Gasteiger partial charge in [-0.25, -0.2) is 9.78 Å². The molecule has 0 saturated heterocycles. The average Bonchev–Trinajstić information content (AvgIpc) is 2.95. The van der Waals surface area contributed by atoms with Crippen molar-refractivity contribution in [2.45, 2.75) is 18.4 Å². The molecule has 142 valence electrons. The Balaban J connectivity index is 1.71. The van der Waals surface area contributed by atoms with Crippen molar-refractivity contribution in [3.05, 3.63) is 41.7 Å². The highest BCUT2D eigenvalue weighted by molar-refractivity contribution is 7.98. The molecule has 0 aliphatic carbocycles. The normalized spacial score (nSPS) is 10.9. The Bertz CT molecular complexity index is 986. The van der Waals surface area contributed by atoms with Crippen LogP contribution in [0.1, 0.15) is 11.3 Å². The monoisotopic (exact) mass is 385 g/mol. The summed E-state index contributed by atoms with van der Waals surface area (Å²) in [5.41, 5.74) is 3.31. The van der Waals surface area contributed by atoms with Crippen LogP contribution in [0.3, 0.4) is 0 Å². The molecular weight excluding hydrogens is 362 g/mol. The van der Waals surface area contributed by atoms with Gasteiger partial charge in [-0.15, -0.1) is 11.8 Å². The Morgan fingerprint density at radius 3 is 2.85 bits per heavy atom. The highest BCUT2D eigenvalue weighted by atomic mass is 32.2. The molecule has 0 bridgehead atoms. The van der Waals surface area contributed by atoms with Crippen molar-refractivity contribution in [2.24, 2.45) is 7.05 Å². The molecule has 7 nitrogen and oxygen atoms in total. The predicted molar refractivity (Wildman–Crippen MR) is 109 cm³/mol. The number of pyridine rings is 1. The van der Waals surface area contributed by atoms with Crippen molar-refractivity contribution < 1.29 is 9.53 Å². The van der Waals surface area contributed by atoms with E-state index < -0.39 is 0 Å². The molecule has 3 rings (SSSR count). The summed E-state index contributed by atoms with van der Waals surface area (Å²) in [5.74, 6) is 0.815. The zero-order valence-electron chi connectivity index (χ0n) is 16.1. The first kappa shape index (κ1) is 19.0. The summed E-state index contributed by atoms with van der Waals surface area (Å²) in [4.78, 5) is 19.6. The summed E-state index contributed by atoms with van der Waals surface area (Å²) < 4.78 is 7.14. The maximum atomic E-state index is 12.6. The minimum atomic E-state index is -0.203. The molecular formula is C19H23N5O2S. The number of carbonyl (C=O) groups is 1. The number of urea groups is 1. The standard InChI is InChI=1S/C19H23N5O2S/c1-12-15-9-14(10-20-18(15)24(3)22-12)21-19(25)23(2)11-13-6-7-17(27-5)16(8-13)26-4/h6-10H,11H2,1-5H3,(H,21,25). The number of nitrogens with zero attached hydrogens (tertiary/aromatic N) is 4. The van der Waals surface area contributed by atoms with E-state index in [-0.39, 0.29) is 6.03 Å². The van der Waals surface area contributed by atoms with Gasteiger partial charge in [0.05, 0.1) is 24.7 Å². The number of hydrogen-bond acceptors (Lipinski definition) is 5. The molecule has 1 aromatic carbocycles. The highest BCUT2D eigenvalue weighted by Crippen LogP contribution is 2.28. The first-order valence-corrected chi connectivity index (χ1v) is 9.67. The largest absolute Gasteiger partial charge is 0.496 e. The Hall–Kier alpha value is -2.74. The molecule has 0 fully saturated rings. The van der Waals surface area contributed by atoms with Gasteiger partial charge in [0.15, 0.2) is 5.65 Å². The van der Waals surface area contributed by atoms with Gasteiger partial charge in [0.1, 0.15) is 5.75 Å². The van der Waals surface area contributed by atoms with Gasteiger partial charge >= 0.3 is 6.03 Å². The number of benzene rings is 1. The minimum absolute atomic E-state index is 0.203. The minimum Gasteiger partial charge on any atom is -0.496 e. The van der Waals surface area contributed by atoms with E-state index in [4.69, 9.17) is 4.74 Å². The Kier molecular flexibility index (Phi) is 5.55. The Morgan fingerprint density at radius 2 is 2.15 bits per heavy atom. The first-order valence-electron chi connectivity index (χ1n) is 8.45. The quantitative estimate of drug-likeness (QED) is 0.679. The van der Waals surface area contributed by atoms with Crippen LogP contribution in [-0.4, -0.2) is 46.1 Å². The summed E-state index contributed by atoms with van der Waals surface area (Å²) in [6.07, 6.45) is 3.65. The molecule has 0 radical (unpaired) electrons. The molecule has 27 heavy (non-hydrogen) atoms. The van der Waals surface area contributed by atoms with Crippen LogP contribution in [-0.2, 0) is 13.6 Å². The fourth-order valence-electron chi connectivity index (χ4n) is 2.92. The fraction of sp³-hybridized carbons (Fsp3) is 0.316. The van der Waals surface area contributed by atoms with Crippen LogP contribution in [0.25, 0.3) is 11.0 Å². The van der Waals surface area contributed by atoms with E-state index in [1.54, 1.807) is 41.7 Å². The van der Waals surface area contributed by atoms with Crippen molar-refractivity contribution in [1.29, 1.82) is 0 Å². The Morgan fingerprint density at radius 1 is 1.37 bits per heavy atom. The van der Waals surface area contributed by atoms with Crippen molar-refractivity contribution >= 4 is 34.5 Å². The molecule has 8 heteroatoms. The SMILES string of the molecule is COc1cc(CN(C)C(=O)Nc2cnc3c(c2)c(C)nn3C)ccc1SC. The van der Waals surface area contributed by atoms with Gasteiger partial charge < -0.3 is 15.0 Å². The molecule has 3 aromatic rings. The number of ether oxygens (including phenoxy) is 1. The second kappa shape index (κ2) is 7.87. The molecule has 0 aliphatic rings. The third-order valence-corrected chi connectivity index (χ3v) is 5.11. The molecule has 0 saturated carbocycles. The lowest BCUT2D eigenvalue weighted by Gasteiger charge is -2.19. The van der Waals surface area contributed by atoms with Crippen LogP contribution in [0.15, 0.2) is 35.4 Å². The van der Waals surface area contributed by atoms with Gasteiger partial charge in [0.2, 0.25) is 0 Å². The van der Waals surface area contributed by atoms with Crippen LogP contribution in [0, 0.1) is 6.92 Å². The summed E-state index contributed by atoms with van der Waals surface area (Å²) in [6, 6.07) is 7.67. The molecule has 0 atom stereocenters. The van der Waals surface area contributed by atoms with Gasteiger partial charge in [-0.05, 0) is 36.9 Å². The van der Waals surface area contributed by atoms with E-state index in [9.17, 15) is 4.79 Å². The van der Waals surface area contributed by atoms with E-state index in [1.165, 1.54) is 0 Å². The van der Waals surface area contributed by atoms with Crippen LogP contribution < -0.4 is 10.1 Å². The number of amides is 2. The summed E-state index contributed by atoms with van der Waals surface area (Å²) in [7, 11) is 5.26. The summed E-state index contributed by atoms with van der Waals surface area (Å²) in [6.45, 7) is 2.39. The zero-order chi connectivity index (χ0) is 19.6. The van der Waals surface area contributed by atoms with Gasteiger partial charge in [-0.1, -0.05) is 6.07 Å². The van der Waals surface area contributed by atoms with Gasteiger partial charge in [-0.3, -0.25) is 4.68 Å². The lowest BCUT2D eigenvalue weighted by molar-refractivity contribution is 0.220. The van der Waals surface area contributed by atoms with Crippen LogP contribution in [0.5, 0.6) is 5.75 Å². The lowest BCUT2D eigenvalue weighted by atomic mass is 10.2. The lowest BCUT2D eigenvalue weighted by Crippen LogP contribution is -2.30. The maximum Gasteiger partial charge on any atom is 0.321 e. The number of thioether (sulfide) groups is 1. The third-order valence-electron chi connectivity index (χ3n) is 4.33. The summed E-state index contributed by atoms with van der Waals surface area (Å²) in [5, 5.41) is 8.17. The number of methoxy groups -OCH3 is 1. The second-order valence-corrected chi connectivity index (χ2v) is 7.13. The molecule has 2 heterocycles. The number of fused-ring (bicyclic) bond motifs is 1. The molecule has 1 N–H and O–H groups in total. The predicted octanol–water partition coefficient (Wildman–Crippen LogP) is 3.67. The first-order chi connectivity index (χ1) is 12.9. The van der Waals surface area contributed by atoms with Crippen LogP contribution >= 0.6 is 11.8 Å². The van der Waals surface area contributed by atoms with Crippen LogP contribution in [0.2, 0.25) is 0 Å². The smallest absolute Gasteiger partial charge is 0.321 e. The van der Waals surface area contributed by atoms with E-state index in [0.717, 1.165) is 32.9 Å². The zero-order valence-corrected chi connectivity index (χ0v) is 16.9. The van der Waals surface area contributed by atoms with Gasteiger partial charge in [-0.2, -0.15) is 5.10 Å². The van der Waals surface area contributed by atoms with Gasteiger partial charge in [0, 0.05) is 30.9 Å². The number of aryl methyl sites for hydroxylation is 2. The number of carbonyl (C=O) groups excluding carboxylic acids is 1. The molecule has 0 unspecified atom stereocenters. The molecule has 2 aromatic heterocycles. The number of rotatable bonds is 5. The van der Waals surface area contributed by atoms with E-state index >= 15 is 0 Å². The Labute approximate surface area is 162 Å². The van der Waals surface area contributed by atoms with E-state index in [0.29, 0.717) is 12.2 Å². The third kappa shape index (κ3) is 4.00. The second-order valence-electron chi connectivity index (χ2n) is 6.28. The number of nitrogens with one attached hydrogen (secondary N) is 1. The number of aromatic nitrogens is 3. The van der Waals surface area contributed by atoms with Crippen molar-refractivity contribution in [1.82, 2.24) is 19.7 Å². The van der Waals surface area contributed by atoms with Crippen molar-refractivity contribution in [3.63, 3.8) is 0 Å². The number of anilines is 1. The highest BCUT2D eigenvalue weighted by Gasteiger charge is 2.13. The molecule has 2 amide bonds. The molecule has 0 aliphatic heterocycles. The average molecular weight is 385 g/mol. The van der Waals surface area contributed by atoms with Crippen molar-refractivity contribution in [3.8, 4) is 5.75 Å². The number of hydrogen-bond donors (Lipinski definition) is 1. The van der Waals surface area contributed by atoms with E-state index in [2.05, 4.69) is 15.4 Å². The van der Waals surface area contributed by atoms with Gasteiger partial charge in [0.25, 0.3) is 0 Å².